The minimum absolute atomic E-state index is 0.0569. The molecule has 0 saturated carbocycles. The summed E-state index contributed by atoms with van der Waals surface area (Å²) < 4.78 is 40.9. The molecule has 4 nitrogen and oxygen atoms in total. The zero-order valence-corrected chi connectivity index (χ0v) is 10.6. The molecule has 0 amide bonds. The molecule has 20 heavy (non-hydrogen) atoms. The summed E-state index contributed by atoms with van der Waals surface area (Å²) in [4.78, 5) is 11.6. The summed E-state index contributed by atoms with van der Waals surface area (Å²) in [5, 5.41) is 9.19. The van der Waals surface area contributed by atoms with Crippen molar-refractivity contribution in [3.8, 4) is 0 Å². The van der Waals surface area contributed by atoms with Crippen LogP contribution in [0, 0.1) is 5.41 Å². The number of benzene rings is 1. The van der Waals surface area contributed by atoms with E-state index in [-0.39, 0.29) is 13.0 Å². The van der Waals surface area contributed by atoms with Crippen molar-refractivity contribution in [3.63, 3.8) is 0 Å². The van der Waals surface area contributed by atoms with Crippen LogP contribution in [0.3, 0.4) is 0 Å². The molecule has 2 N–H and O–H groups in total. The molecule has 0 aromatic heterocycles. The van der Waals surface area contributed by atoms with E-state index in [1.807, 2.05) is 0 Å². The van der Waals surface area contributed by atoms with Gasteiger partial charge in [0.15, 0.2) is 0 Å². The zero-order chi connectivity index (χ0) is 15.0. The molecule has 110 valence electrons. The maximum absolute atomic E-state index is 12.0. The van der Waals surface area contributed by atoms with Crippen LogP contribution in [-0.4, -0.2) is 37.6 Å². The molecule has 0 aliphatic heterocycles. The molecule has 1 aromatic carbocycles. The van der Waals surface area contributed by atoms with Gasteiger partial charge in [-0.1, -0.05) is 18.2 Å². The van der Waals surface area contributed by atoms with Gasteiger partial charge in [0.05, 0.1) is 18.7 Å². The number of esters is 1. The largest absolute Gasteiger partial charge is 0.462 e. The highest BCUT2D eigenvalue weighted by atomic mass is 19.4. The first kappa shape index (κ1) is 16.2. The lowest BCUT2D eigenvalue weighted by Crippen LogP contribution is -2.38. The Hall–Kier alpha value is -1.89. The predicted octanol–water partition coefficient (Wildman–Crippen LogP) is 2.40. The van der Waals surface area contributed by atoms with Gasteiger partial charge in [-0.2, -0.15) is 13.2 Å². The van der Waals surface area contributed by atoms with Crippen LogP contribution in [0.1, 0.15) is 16.8 Å². The number of rotatable bonds is 7. The van der Waals surface area contributed by atoms with Crippen molar-refractivity contribution < 1.29 is 22.7 Å². The fourth-order valence-electron chi connectivity index (χ4n) is 1.43. The van der Waals surface area contributed by atoms with Crippen molar-refractivity contribution in [2.24, 2.45) is 0 Å². The van der Waals surface area contributed by atoms with Crippen molar-refractivity contribution in [1.29, 1.82) is 5.41 Å². The molecule has 0 aliphatic carbocycles. The van der Waals surface area contributed by atoms with Gasteiger partial charge in [0, 0.05) is 18.7 Å². The van der Waals surface area contributed by atoms with Crippen molar-refractivity contribution in [1.82, 2.24) is 5.32 Å². The van der Waals surface area contributed by atoms with Gasteiger partial charge in [0.1, 0.15) is 0 Å². The van der Waals surface area contributed by atoms with Gasteiger partial charge in [-0.25, -0.2) is 4.79 Å². The lowest BCUT2D eigenvalue weighted by atomic mass is 10.2. The molecule has 1 unspecified atom stereocenters. The smallest absolute Gasteiger partial charge is 0.401 e. The molecule has 0 saturated heterocycles. The Morgan fingerprint density at radius 3 is 2.55 bits per heavy atom. The lowest BCUT2D eigenvalue weighted by Gasteiger charge is -2.15. The van der Waals surface area contributed by atoms with Crippen LogP contribution >= 0.6 is 0 Å². The van der Waals surface area contributed by atoms with Crippen LogP contribution in [0.25, 0.3) is 0 Å². The van der Waals surface area contributed by atoms with E-state index in [9.17, 15) is 18.0 Å². The van der Waals surface area contributed by atoms with Crippen molar-refractivity contribution in [2.75, 3.05) is 13.2 Å². The Morgan fingerprint density at radius 1 is 1.35 bits per heavy atom. The van der Waals surface area contributed by atoms with E-state index in [1.54, 1.807) is 30.3 Å². The van der Waals surface area contributed by atoms with Crippen LogP contribution < -0.4 is 5.32 Å². The number of hydrogen-bond acceptors (Lipinski definition) is 4. The number of carbonyl (C=O) groups is 1. The van der Waals surface area contributed by atoms with Gasteiger partial charge in [0.2, 0.25) is 0 Å². The maximum Gasteiger partial charge on any atom is 0.401 e. The van der Waals surface area contributed by atoms with E-state index in [2.05, 4.69) is 5.32 Å². The topological polar surface area (TPSA) is 62.2 Å². The first-order chi connectivity index (χ1) is 9.42. The Morgan fingerprint density at radius 2 is 2.00 bits per heavy atom. The summed E-state index contributed by atoms with van der Waals surface area (Å²) in [5.74, 6) is -0.537. The van der Waals surface area contributed by atoms with Crippen molar-refractivity contribution in [2.45, 2.75) is 18.6 Å². The van der Waals surface area contributed by atoms with Gasteiger partial charge < -0.3 is 15.5 Å². The first-order valence-electron chi connectivity index (χ1n) is 5.95. The number of halogens is 3. The number of hydrogen-bond donors (Lipinski definition) is 2. The van der Waals surface area contributed by atoms with E-state index in [1.165, 1.54) is 0 Å². The highest BCUT2D eigenvalue weighted by Gasteiger charge is 2.27. The van der Waals surface area contributed by atoms with Gasteiger partial charge in [-0.15, -0.1) is 0 Å². The Balaban J connectivity index is 2.31. The number of ether oxygens (including phenoxy) is 1. The molecular weight excluding hydrogens is 273 g/mol. The quantitative estimate of drug-likeness (QED) is 0.598. The highest BCUT2D eigenvalue weighted by Crippen LogP contribution is 2.12. The third kappa shape index (κ3) is 6.33. The minimum Gasteiger partial charge on any atom is -0.462 e. The minimum atomic E-state index is -4.33. The monoisotopic (exact) mass is 288 g/mol. The number of alkyl halides is 3. The Kier molecular flexibility index (Phi) is 6.17. The van der Waals surface area contributed by atoms with Crippen LogP contribution in [0.15, 0.2) is 30.3 Å². The zero-order valence-electron chi connectivity index (χ0n) is 10.6. The SMILES string of the molecule is N=CC(CCOC(=O)c1ccccc1)NCC(F)(F)F. The molecule has 0 fully saturated rings. The number of nitrogens with one attached hydrogen (secondary N) is 2. The maximum atomic E-state index is 12.0. The normalized spacial score (nSPS) is 12.8. The average molecular weight is 288 g/mol. The fraction of sp³-hybridized carbons (Fsp3) is 0.385. The second kappa shape index (κ2) is 7.64. The molecule has 0 heterocycles. The van der Waals surface area contributed by atoms with Crippen LogP contribution in [-0.2, 0) is 4.74 Å². The molecule has 0 radical (unpaired) electrons. The van der Waals surface area contributed by atoms with Crippen molar-refractivity contribution in [3.05, 3.63) is 35.9 Å². The summed E-state index contributed by atoms with van der Waals surface area (Å²) in [6.45, 7) is -1.24. The molecule has 0 aliphatic rings. The molecule has 0 bridgehead atoms. The Bertz CT molecular complexity index is 435. The van der Waals surface area contributed by atoms with Gasteiger partial charge in [0.25, 0.3) is 0 Å². The van der Waals surface area contributed by atoms with Gasteiger partial charge >= 0.3 is 12.1 Å². The van der Waals surface area contributed by atoms with Crippen molar-refractivity contribution >= 4 is 12.2 Å². The van der Waals surface area contributed by atoms with E-state index in [4.69, 9.17) is 10.1 Å². The lowest BCUT2D eigenvalue weighted by molar-refractivity contribution is -0.125. The summed E-state index contributed by atoms with van der Waals surface area (Å²) in [6, 6.07) is 7.50. The predicted molar refractivity (Wildman–Crippen MR) is 68.0 cm³/mol. The standard InChI is InChI=1S/C13H15F3N2O2/c14-13(15,16)9-18-11(8-17)6-7-20-12(19)10-4-2-1-3-5-10/h1-5,8,11,17-18H,6-7,9H2. The molecule has 7 heteroatoms. The van der Waals surface area contributed by atoms with E-state index in [0.717, 1.165) is 6.21 Å². The summed E-state index contributed by atoms with van der Waals surface area (Å²) in [5.41, 5.74) is 0.377. The molecule has 1 atom stereocenters. The highest BCUT2D eigenvalue weighted by molar-refractivity contribution is 5.89. The third-order valence-electron chi connectivity index (χ3n) is 2.44. The summed E-state index contributed by atoms with van der Waals surface area (Å²) in [6.07, 6.45) is -3.36. The molecular formula is C13H15F3N2O2. The van der Waals surface area contributed by atoms with Gasteiger partial charge in [-0.3, -0.25) is 0 Å². The third-order valence-corrected chi connectivity index (χ3v) is 2.44. The van der Waals surface area contributed by atoms with E-state index >= 15 is 0 Å². The van der Waals surface area contributed by atoms with Crippen LogP contribution in [0.2, 0.25) is 0 Å². The second-order valence-electron chi connectivity index (χ2n) is 4.06. The summed E-state index contributed by atoms with van der Waals surface area (Å²) in [7, 11) is 0. The molecule has 1 rings (SSSR count). The average Bonchev–Trinajstić information content (AvgIpc) is 2.42. The second-order valence-corrected chi connectivity index (χ2v) is 4.06. The Labute approximate surface area is 114 Å². The molecule has 1 aromatic rings. The number of carbonyl (C=O) groups excluding carboxylic acids is 1. The molecule has 0 spiro atoms. The van der Waals surface area contributed by atoms with Crippen LogP contribution in [0.4, 0.5) is 13.2 Å². The first-order valence-corrected chi connectivity index (χ1v) is 5.95. The van der Waals surface area contributed by atoms with Gasteiger partial charge in [-0.05, 0) is 12.1 Å². The van der Waals surface area contributed by atoms with E-state index < -0.39 is 24.7 Å². The summed E-state index contributed by atoms with van der Waals surface area (Å²) >= 11 is 0. The fourth-order valence-corrected chi connectivity index (χ4v) is 1.43. The van der Waals surface area contributed by atoms with Crippen LogP contribution in [0.5, 0.6) is 0 Å². The van der Waals surface area contributed by atoms with E-state index in [0.29, 0.717) is 5.56 Å².